The van der Waals surface area contributed by atoms with Gasteiger partial charge >= 0.3 is 0 Å². The average molecular weight is 275 g/mol. The number of hydrogen-bond acceptors (Lipinski definition) is 4. The van der Waals surface area contributed by atoms with Gasteiger partial charge in [0.25, 0.3) is 11.8 Å². The lowest BCUT2D eigenvalue weighted by molar-refractivity contribution is -0.139. The minimum absolute atomic E-state index is 0.0259. The summed E-state index contributed by atoms with van der Waals surface area (Å²) in [7, 11) is 0. The monoisotopic (exact) mass is 275 g/mol. The van der Waals surface area contributed by atoms with E-state index in [1.807, 2.05) is 13.8 Å². The first-order chi connectivity index (χ1) is 9.52. The predicted molar refractivity (Wildman–Crippen MR) is 73.8 cm³/mol. The molecule has 0 fully saturated rings. The molecule has 20 heavy (non-hydrogen) atoms. The molecular formula is C15H17NO4. The fourth-order valence-corrected chi connectivity index (χ4v) is 2.01. The highest BCUT2D eigenvalue weighted by atomic mass is 16.5. The summed E-state index contributed by atoms with van der Waals surface area (Å²) in [5.74, 6) is -1.64. The molecule has 106 valence electrons. The third-order valence-electron chi connectivity index (χ3n) is 2.97. The van der Waals surface area contributed by atoms with E-state index in [-0.39, 0.29) is 24.8 Å². The van der Waals surface area contributed by atoms with Gasteiger partial charge in [-0.1, -0.05) is 30.3 Å². The van der Waals surface area contributed by atoms with Gasteiger partial charge in [-0.2, -0.15) is 0 Å². The lowest BCUT2D eigenvalue weighted by Crippen LogP contribution is -2.35. The van der Waals surface area contributed by atoms with Gasteiger partial charge in [0.05, 0.1) is 24.8 Å². The molecule has 0 saturated heterocycles. The van der Waals surface area contributed by atoms with Gasteiger partial charge in [-0.3, -0.25) is 14.5 Å². The summed E-state index contributed by atoms with van der Waals surface area (Å²) in [4.78, 5) is 25.2. The molecule has 0 aromatic heterocycles. The van der Waals surface area contributed by atoms with Crippen molar-refractivity contribution in [3.8, 4) is 0 Å². The first kappa shape index (κ1) is 14.3. The van der Waals surface area contributed by atoms with Crippen LogP contribution in [0.15, 0.2) is 36.1 Å². The van der Waals surface area contributed by atoms with E-state index >= 15 is 0 Å². The number of aliphatic hydroxyl groups excluding tert-OH is 1. The molecule has 1 aromatic rings. The van der Waals surface area contributed by atoms with Crippen LogP contribution in [0.3, 0.4) is 0 Å². The zero-order valence-electron chi connectivity index (χ0n) is 11.5. The minimum Gasteiger partial charge on any atom is -0.502 e. The summed E-state index contributed by atoms with van der Waals surface area (Å²) in [5, 5.41) is 9.89. The van der Waals surface area contributed by atoms with E-state index in [2.05, 4.69) is 0 Å². The van der Waals surface area contributed by atoms with Crippen LogP contribution < -0.4 is 0 Å². The molecule has 2 rings (SSSR count). The largest absolute Gasteiger partial charge is 0.502 e. The SMILES string of the molecule is CC(C)OCCN1C(=O)C(O)=C(c2ccccc2)C1=O. The van der Waals surface area contributed by atoms with Crippen molar-refractivity contribution >= 4 is 17.4 Å². The Morgan fingerprint density at radius 2 is 1.80 bits per heavy atom. The van der Waals surface area contributed by atoms with E-state index in [0.29, 0.717) is 5.56 Å². The molecule has 0 bridgehead atoms. The smallest absolute Gasteiger partial charge is 0.296 e. The van der Waals surface area contributed by atoms with Gasteiger partial charge in [-0.15, -0.1) is 0 Å². The predicted octanol–water partition coefficient (Wildman–Crippen LogP) is 1.75. The first-order valence-corrected chi connectivity index (χ1v) is 6.49. The molecule has 0 unspecified atom stereocenters. The molecular weight excluding hydrogens is 258 g/mol. The molecule has 0 radical (unpaired) electrons. The molecule has 1 aliphatic rings. The quantitative estimate of drug-likeness (QED) is 0.831. The maximum atomic E-state index is 12.2. The normalized spacial score (nSPS) is 15.7. The lowest BCUT2D eigenvalue weighted by atomic mass is 10.1. The van der Waals surface area contributed by atoms with Crippen molar-refractivity contribution in [3.63, 3.8) is 0 Å². The molecule has 1 aliphatic heterocycles. The number of hydrogen-bond donors (Lipinski definition) is 1. The van der Waals surface area contributed by atoms with Crippen LogP contribution in [-0.2, 0) is 14.3 Å². The van der Waals surface area contributed by atoms with Crippen LogP contribution >= 0.6 is 0 Å². The third-order valence-corrected chi connectivity index (χ3v) is 2.97. The Bertz CT molecular complexity index is 548. The van der Waals surface area contributed by atoms with E-state index < -0.39 is 17.6 Å². The summed E-state index contributed by atoms with van der Waals surface area (Å²) >= 11 is 0. The zero-order valence-corrected chi connectivity index (χ0v) is 11.5. The van der Waals surface area contributed by atoms with E-state index in [0.717, 1.165) is 4.90 Å². The molecule has 5 nitrogen and oxygen atoms in total. The van der Waals surface area contributed by atoms with Crippen LogP contribution in [0.5, 0.6) is 0 Å². The third kappa shape index (κ3) is 2.72. The Balaban J connectivity index is 2.16. The van der Waals surface area contributed by atoms with Crippen molar-refractivity contribution in [3.05, 3.63) is 41.7 Å². The molecule has 1 heterocycles. The van der Waals surface area contributed by atoms with E-state index in [9.17, 15) is 14.7 Å². The second-order valence-corrected chi connectivity index (χ2v) is 4.77. The molecule has 0 aliphatic carbocycles. The highest BCUT2D eigenvalue weighted by Gasteiger charge is 2.38. The fraction of sp³-hybridized carbons (Fsp3) is 0.333. The van der Waals surface area contributed by atoms with E-state index in [1.165, 1.54) is 0 Å². The van der Waals surface area contributed by atoms with Crippen LogP contribution in [0.4, 0.5) is 0 Å². The summed E-state index contributed by atoms with van der Waals surface area (Å²) in [6.07, 6.45) is 0.0259. The van der Waals surface area contributed by atoms with Crippen LogP contribution in [0.1, 0.15) is 19.4 Å². The van der Waals surface area contributed by atoms with Gasteiger partial charge in [-0.25, -0.2) is 0 Å². The van der Waals surface area contributed by atoms with Crippen LogP contribution in [0, 0.1) is 0 Å². The standard InChI is InChI=1S/C15H17NO4/c1-10(2)20-9-8-16-14(18)12(13(17)15(16)19)11-6-4-3-5-7-11/h3-7,10,17H,8-9H2,1-2H3. The zero-order chi connectivity index (χ0) is 14.7. The minimum atomic E-state index is -0.666. The summed E-state index contributed by atoms with van der Waals surface area (Å²) in [6, 6.07) is 8.67. The Labute approximate surface area is 117 Å². The number of carbonyl (C=O) groups is 2. The highest BCUT2D eigenvalue weighted by molar-refractivity contribution is 6.34. The Morgan fingerprint density at radius 3 is 2.40 bits per heavy atom. The number of amides is 2. The number of rotatable bonds is 5. The second-order valence-electron chi connectivity index (χ2n) is 4.77. The van der Waals surface area contributed by atoms with Crippen molar-refractivity contribution in [2.45, 2.75) is 20.0 Å². The lowest BCUT2D eigenvalue weighted by Gasteiger charge is -2.15. The fourth-order valence-electron chi connectivity index (χ4n) is 2.01. The van der Waals surface area contributed by atoms with Gasteiger partial charge in [0, 0.05) is 0 Å². The Kier molecular flexibility index (Phi) is 4.20. The van der Waals surface area contributed by atoms with Gasteiger partial charge in [0.15, 0.2) is 5.76 Å². The molecule has 1 N–H and O–H groups in total. The van der Waals surface area contributed by atoms with Crippen molar-refractivity contribution in [2.24, 2.45) is 0 Å². The van der Waals surface area contributed by atoms with Crippen LogP contribution in [0.2, 0.25) is 0 Å². The van der Waals surface area contributed by atoms with Crippen LogP contribution in [0.25, 0.3) is 5.57 Å². The number of ether oxygens (including phenoxy) is 1. The van der Waals surface area contributed by atoms with E-state index in [1.54, 1.807) is 30.3 Å². The highest BCUT2D eigenvalue weighted by Crippen LogP contribution is 2.27. The Hall–Kier alpha value is -2.14. The number of carbonyl (C=O) groups excluding carboxylic acids is 2. The topological polar surface area (TPSA) is 66.8 Å². The number of nitrogens with zero attached hydrogens (tertiary/aromatic N) is 1. The molecule has 2 amide bonds. The Morgan fingerprint density at radius 1 is 1.15 bits per heavy atom. The van der Waals surface area contributed by atoms with Crippen molar-refractivity contribution in [1.29, 1.82) is 0 Å². The van der Waals surface area contributed by atoms with Crippen molar-refractivity contribution < 1.29 is 19.4 Å². The summed E-state index contributed by atoms with van der Waals surface area (Å²) in [5.41, 5.74) is 0.593. The summed E-state index contributed by atoms with van der Waals surface area (Å²) in [6.45, 7) is 4.14. The van der Waals surface area contributed by atoms with Gasteiger partial charge < -0.3 is 9.84 Å². The van der Waals surface area contributed by atoms with Gasteiger partial charge in [0.2, 0.25) is 0 Å². The second kappa shape index (κ2) is 5.88. The number of imide groups is 1. The average Bonchev–Trinajstić information content (AvgIpc) is 2.63. The molecule has 5 heteroatoms. The molecule has 0 atom stereocenters. The van der Waals surface area contributed by atoms with Crippen LogP contribution in [-0.4, -0.2) is 41.1 Å². The molecule has 1 aromatic carbocycles. The maximum absolute atomic E-state index is 12.2. The number of aliphatic hydroxyl groups is 1. The van der Waals surface area contributed by atoms with Crippen molar-refractivity contribution in [1.82, 2.24) is 4.90 Å². The first-order valence-electron chi connectivity index (χ1n) is 6.49. The summed E-state index contributed by atoms with van der Waals surface area (Å²) < 4.78 is 5.33. The number of benzene rings is 1. The molecule has 0 saturated carbocycles. The maximum Gasteiger partial charge on any atom is 0.296 e. The molecule has 0 spiro atoms. The van der Waals surface area contributed by atoms with Gasteiger partial charge in [-0.05, 0) is 19.4 Å². The van der Waals surface area contributed by atoms with Gasteiger partial charge in [0.1, 0.15) is 0 Å². The van der Waals surface area contributed by atoms with Crippen molar-refractivity contribution in [2.75, 3.05) is 13.2 Å². The van der Waals surface area contributed by atoms with E-state index in [4.69, 9.17) is 4.74 Å².